The summed E-state index contributed by atoms with van der Waals surface area (Å²) in [6.07, 6.45) is 0.991. The molecule has 0 atom stereocenters. The molecule has 2 nitrogen and oxygen atoms in total. The van der Waals surface area contributed by atoms with Crippen molar-refractivity contribution in [3.05, 3.63) is 222 Å². The number of hydrogen-bond acceptors (Lipinski definition) is 2. The van der Waals surface area contributed by atoms with Crippen molar-refractivity contribution in [3.63, 3.8) is 0 Å². The third-order valence-corrected chi connectivity index (χ3v) is 18.7. The Bertz CT molecular complexity index is 2980. The Hall–Kier alpha value is -6.10. The molecule has 8 aromatic carbocycles. The van der Waals surface area contributed by atoms with E-state index in [1.165, 1.54) is 111 Å². The lowest BCUT2D eigenvalue weighted by Crippen LogP contribution is -2.64. The molecule has 0 unspecified atom stereocenters. The van der Waals surface area contributed by atoms with Crippen molar-refractivity contribution in [1.29, 1.82) is 0 Å². The van der Waals surface area contributed by atoms with Gasteiger partial charge in [-0.25, -0.2) is 0 Å². The fourth-order valence-corrected chi connectivity index (χ4v) is 15.2. The Morgan fingerprint density at radius 1 is 0.378 bits per heavy atom. The minimum absolute atomic E-state index is 0.0499. The van der Waals surface area contributed by atoms with E-state index in [4.69, 9.17) is 0 Å². The van der Waals surface area contributed by atoms with E-state index >= 15 is 0 Å². The van der Waals surface area contributed by atoms with Crippen molar-refractivity contribution in [3.8, 4) is 44.5 Å². The number of rotatable bonds is 13. The lowest BCUT2D eigenvalue weighted by Gasteiger charge is -2.34. The predicted molar refractivity (Wildman–Crippen MR) is 321 cm³/mol. The minimum Gasteiger partial charge on any atom is -0.404 e. The maximum atomic E-state index is 14.4. The molecule has 0 aliphatic carbocycles. The maximum Gasteiger partial charge on any atom is 0.402 e. The van der Waals surface area contributed by atoms with E-state index in [1.807, 2.05) is 0 Å². The average molecular weight is 996 g/mol. The second-order valence-electron chi connectivity index (χ2n) is 23.7. The minimum atomic E-state index is -4.68. The van der Waals surface area contributed by atoms with Crippen LogP contribution in [0.25, 0.3) is 44.5 Å². The zero-order valence-electron chi connectivity index (χ0n) is 47.7. The summed E-state index contributed by atoms with van der Waals surface area (Å²) < 4.78 is 0. The van der Waals surface area contributed by atoms with E-state index in [9.17, 15) is 9.59 Å². The molecule has 0 amide bonds. The first-order valence-electron chi connectivity index (χ1n) is 27.2. The zero-order chi connectivity index (χ0) is 53.7. The highest BCUT2D eigenvalue weighted by molar-refractivity contribution is 6.91. The Kier molecular flexibility index (Phi) is 15.6. The molecule has 0 aliphatic rings. The molecular weight excluding hydrogens is 913 g/mol. The van der Waals surface area contributed by atoms with Crippen LogP contribution in [0.2, 0.25) is 0 Å². The highest BCUT2D eigenvalue weighted by atomic mass is 28.4. The zero-order valence-corrected chi connectivity index (χ0v) is 48.7. The van der Waals surface area contributed by atoms with Crippen LogP contribution in [0.3, 0.4) is 0 Å². The second kappa shape index (κ2) is 21.3. The lowest BCUT2D eigenvalue weighted by molar-refractivity contribution is 0.399. The summed E-state index contributed by atoms with van der Waals surface area (Å²) in [6.45, 7) is 38.1. The average Bonchev–Trinajstić information content (AvgIpc) is 3.31. The smallest absolute Gasteiger partial charge is 0.402 e. The van der Waals surface area contributed by atoms with Gasteiger partial charge in [0.05, 0.1) is 0 Å². The summed E-state index contributed by atoms with van der Waals surface area (Å²) in [5.41, 5.74) is 28.0. The molecule has 8 rings (SSSR count). The Balaban J connectivity index is 1.58. The first kappa shape index (κ1) is 54.2. The van der Waals surface area contributed by atoms with Crippen LogP contribution in [0, 0.1) is 55.4 Å². The van der Waals surface area contributed by atoms with Crippen LogP contribution < -0.4 is 10.4 Å². The van der Waals surface area contributed by atoms with Gasteiger partial charge in [-0.15, -0.1) is 0 Å². The van der Waals surface area contributed by atoms with E-state index in [2.05, 4.69) is 251 Å². The number of aryl methyl sites for hydroxylation is 8. The van der Waals surface area contributed by atoms with Gasteiger partial charge in [-0.2, -0.15) is 0 Å². The van der Waals surface area contributed by atoms with Gasteiger partial charge in [0.2, 0.25) is 0 Å². The molecule has 2 N–H and O–H groups in total. The summed E-state index contributed by atoms with van der Waals surface area (Å²) in [6, 6.07) is 49.4. The molecule has 8 aromatic rings. The third kappa shape index (κ3) is 10.3. The predicted octanol–water partition coefficient (Wildman–Crippen LogP) is 17.2. The summed E-state index contributed by atoms with van der Waals surface area (Å²) in [5, 5.41) is 1.45. The van der Waals surface area contributed by atoms with Crippen LogP contribution in [0.1, 0.15) is 169 Å². The van der Waals surface area contributed by atoms with Crippen molar-refractivity contribution in [1.82, 2.24) is 0 Å². The summed E-state index contributed by atoms with van der Waals surface area (Å²) in [5.74, 6) is 0.377. The number of benzene rings is 8. The van der Waals surface area contributed by atoms with E-state index in [1.54, 1.807) is 0 Å². The summed E-state index contributed by atoms with van der Waals surface area (Å²) >= 11 is 0. The molecule has 74 heavy (non-hydrogen) atoms. The maximum absolute atomic E-state index is 14.4. The van der Waals surface area contributed by atoms with Gasteiger partial charge < -0.3 is 9.59 Å². The van der Waals surface area contributed by atoms with Crippen molar-refractivity contribution in [2.45, 2.75) is 154 Å². The molecule has 0 fully saturated rings. The first-order chi connectivity index (χ1) is 34.9. The van der Waals surface area contributed by atoms with Crippen LogP contribution in [-0.4, -0.2) is 18.2 Å². The largest absolute Gasteiger partial charge is 0.404 e. The lowest BCUT2D eigenvalue weighted by atomic mass is 9.79. The first-order valence-corrected chi connectivity index (χ1v) is 29.1. The van der Waals surface area contributed by atoms with E-state index in [-0.39, 0.29) is 23.2 Å². The van der Waals surface area contributed by atoms with Crippen LogP contribution in [0.15, 0.2) is 133 Å². The van der Waals surface area contributed by atoms with E-state index in [0.29, 0.717) is 18.0 Å². The van der Waals surface area contributed by atoms with Crippen LogP contribution in [0.4, 0.5) is 0 Å². The van der Waals surface area contributed by atoms with Crippen molar-refractivity contribution >= 4 is 18.9 Å². The van der Waals surface area contributed by atoms with Crippen molar-refractivity contribution < 1.29 is 9.59 Å². The summed E-state index contributed by atoms with van der Waals surface area (Å²) in [7, 11) is -4.68. The van der Waals surface area contributed by atoms with Crippen LogP contribution >= 0.6 is 0 Å². The summed E-state index contributed by atoms with van der Waals surface area (Å²) in [4.78, 5) is 28.7. The fourth-order valence-electron chi connectivity index (χ4n) is 12.2. The quantitative estimate of drug-likeness (QED) is 0.113. The molecule has 0 heterocycles. The fraction of sp³-hybridized carbons (Fsp3) is 0.324. The highest BCUT2D eigenvalue weighted by Crippen LogP contribution is 2.43. The molecule has 0 aromatic heterocycles. The molecule has 0 aliphatic heterocycles. The molecule has 3 heteroatoms. The normalized spacial score (nSPS) is 12.2. The van der Waals surface area contributed by atoms with Gasteiger partial charge >= 0.3 is 8.56 Å². The Morgan fingerprint density at radius 2 is 0.649 bits per heavy atom. The molecule has 0 spiro atoms. The molecule has 0 saturated heterocycles. The molecular formula is C71H82O2Si. The highest BCUT2D eigenvalue weighted by Gasteiger charge is 2.45. The molecule has 0 bridgehead atoms. The standard InChI is InChI=1S/C71H82O2Si/c1-42(2)53-38-61(43(3)4)70(62(39-53)44(5)6)74(72,73)69-54(40-63-57(65-45(7)24-18-25-46(65)8)32-22-33-58(63)66-47(9)26-19-27-48(66)10)36-56(71(15,16)17)37-55(69)41-64-59(67-49(11)28-20-29-50(67)12)34-23-35-60(64)68-51(13)30-21-31-52(68)14/h18-39,42-44,72-73H,40-41H2,1-17H3. The van der Waals surface area contributed by atoms with Gasteiger partial charge in [-0.3, -0.25) is 0 Å². The van der Waals surface area contributed by atoms with Crippen LogP contribution in [0.5, 0.6) is 0 Å². The van der Waals surface area contributed by atoms with Gasteiger partial charge in [-0.1, -0.05) is 196 Å². The van der Waals surface area contributed by atoms with Crippen LogP contribution in [-0.2, 0) is 18.3 Å². The topological polar surface area (TPSA) is 40.5 Å². The van der Waals surface area contributed by atoms with Gasteiger partial charge in [0.25, 0.3) is 0 Å². The van der Waals surface area contributed by atoms with Gasteiger partial charge in [-0.05, 0) is 225 Å². The third-order valence-electron chi connectivity index (χ3n) is 16.1. The molecule has 0 saturated carbocycles. The van der Waals surface area contributed by atoms with Crippen molar-refractivity contribution in [2.75, 3.05) is 0 Å². The molecule has 382 valence electrons. The Morgan fingerprint density at radius 3 is 0.892 bits per heavy atom. The van der Waals surface area contributed by atoms with Gasteiger partial charge in [0, 0.05) is 10.4 Å². The Labute approximate surface area is 446 Å². The van der Waals surface area contributed by atoms with E-state index < -0.39 is 8.56 Å². The van der Waals surface area contributed by atoms with Gasteiger partial charge in [0.1, 0.15) is 0 Å². The van der Waals surface area contributed by atoms with E-state index in [0.717, 1.165) is 27.4 Å². The molecule has 0 radical (unpaired) electrons. The monoisotopic (exact) mass is 995 g/mol. The number of hydrogen-bond donors (Lipinski definition) is 2. The van der Waals surface area contributed by atoms with Crippen molar-refractivity contribution in [2.24, 2.45) is 0 Å². The van der Waals surface area contributed by atoms with Gasteiger partial charge in [0.15, 0.2) is 0 Å². The second-order valence-corrected chi connectivity index (χ2v) is 26.1. The SMILES string of the molecule is Cc1cccc(C)c1-c1cccc(-c2c(C)cccc2C)c1Cc1cc(C(C)(C)C)cc(Cc2c(-c3c(C)cccc3C)cccc2-c2c(C)cccc2C)c1[Si](O)(O)c1c(C(C)C)cc(C(C)C)cc1C(C)C.